The third kappa shape index (κ3) is 4.75. The normalized spacial score (nSPS) is 27.4. The Labute approximate surface area is 125 Å². The van der Waals surface area contributed by atoms with Crippen LogP contribution in [0.15, 0.2) is 0 Å². The zero-order valence-electron chi connectivity index (χ0n) is 13.6. The molecule has 1 rings (SSSR count). The summed E-state index contributed by atoms with van der Waals surface area (Å²) in [6.07, 6.45) is 9.39. The van der Waals surface area contributed by atoms with E-state index in [9.17, 15) is 5.26 Å². The first-order chi connectivity index (χ1) is 9.72. The Morgan fingerprint density at radius 1 is 1.45 bits per heavy atom. The molecule has 3 atom stereocenters. The minimum atomic E-state index is -0.296. The number of hydrogen-bond donors (Lipinski definition) is 1. The first-order valence-corrected chi connectivity index (χ1v) is 8.40. The van der Waals surface area contributed by atoms with Crippen molar-refractivity contribution in [3.05, 3.63) is 0 Å². The first kappa shape index (κ1) is 17.5. The standard InChI is InChI=1S/C17H32N2O/c1-4-6-8-15(5-2)13-20-12-10-16-9-7-11-17(16,14-18)19-3/h15-16,19H,4-13H2,1-3H3. The molecule has 0 aromatic carbocycles. The van der Waals surface area contributed by atoms with Crippen molar-refractivity contribution in [2.24, 2.45) is 11.8 Å². The van der Waals surface area contributed by atoms with Gasteiger partial charge in [0.15, 0.2) is 0 Å². The Morgan fingerprint density at radius 2 is 2.25 bits per heavy atom. The molecule has 1 N–H and O–H groups in total. The number of unbranched alkanes of at least 4 members (excludes halogenated alkanes) is 1. The summed E-state index contributed by atoms with van der Waals surface area (Å²) in [7, 11) is 1.92. The number of nitriles is 1. The van der Waals surface area contributed by atoms with Gasteiger partial charge in [-0.05, 0) is 44.6 Å². The van der Waals surface area contributed by atoms with E-state index in [1.165, 1.54) is 25.7 Å². The molecular weight excluding hydrogens is 248 g/mol. The molecule has 0 saturated heterocycles. The highest BCUT2D eigenvalue weighted by atomic mass is 16.5. The Bertz CT molecular complexity index is 300. The van der Waals surface area contributed by atoms with Gasteiger partial charge in [-0.1, -0.05) is 39.5 Å². The average molecular weight is 280 g/mol. The number of nitrogens with zero attached hydrogens (tertiary/aromatic N) is 1. The van der Waals surface area contributed by atoms with Crippen molar-refractivity contribution in [1.82, 2.24) is 5.32 Å². The van der Waals surface area contributed by atoms with Crippen molar-refractivity contribution in [2.75, 3.05) is 20.3 Å². The van der Waals surface area contributed by atoms with E-state index in [1.807, 2.05) is 7.05 Å². The Balaban J connectivity index is 2.25. The molecule has 3 unspecified atom stereocenters. The van der Waals surface area contributed by atoms with Crippen LogP contribution in [-0.2, 0) is 4.74 Å². The summed E-state index contributed by atoms with van der Waals surface area (Å²) in [5.41, 5.74) is -0.296. The molecule has 0 radical (unpaired) electrons. The van der Waals surface area contributed by atoms with Crippen LogP contribution in [0.5, 0.6) is 0 Å². The summed E-state index contributed by atoms with van der Waals surface area (Å²) >= 11 is 0. The summed E-state index contributed by atoms with van der Waals surface area (Å²) in [6.45, 7) is 6.19. The van der Waals surface area contributed by atoms with Crippen LogP contribution in [0.1, 0.15) is 65.2 Å². The Kier molecular flexibility index (Phi) is 8.18. The number of hydrogen-bond acceptors (Lipinski definition) is 3. The molecule has 0 heterocycles. The van der Waals surface area contributed by atoms with Crippen LogP contribution >= 0.6 is 0 Å². The molecule has 0 spiro atoms. The summed E-state index contributed by atoms with van der Waals surface area (Å²) in [6, 6.07) is 2.50. The monoisotopic (exact) mass is 280 g/mol. The number of nitrogens with one attached hydrogen (secondary N) is 1. The van der Waals surface area contributed by atoms with Gasteiger partial charge in [0.05, 0.1) is 6.07 Å². The largest absolute Gasteiger partial charge is 0.381 e. The molecule has 1 saturated carbocycles. The van der Waals surface area contributed by atoms with Crippen LogP contribution in [0.2, 0.25) is 0 Å². The van der Waals surface area contributed by atoms with E-state index in [0.717, 1.165) is 38.9 Å². The van der Waals surface area contributed by atoms with Crippen LogP contribution < -0.4 is 5.32 Å². The van der Waals surface area contributed by atoms with Crippen molar-refractivity contribution in [3.63, 3.8) is 0 Å². The minimum Gasteiger partial charge on any atom is -0.381 e. The van der Waals surface area contributed by atoms with Crippen molar-refractivity contribution in [3.8, 4) is 6.07 Å². The second-order valence-corrected chi connectivity index (χ2v) is 6.20. The van der Waals surface area contributed by atoms with Gasteiger partial charge in [-0.2, -0.15) is 5.26 Å². The van der Waals surface area contributed by atoms with Gasteiger partial charge in [-0.25, -0.2) is 0 Å². The Hall–Kier alpha value is -0.590. The third-order valence-corrected chi connectivity index (χ3v) is 4.97. The van der Waals surface area contributed by atoms with E-state index in [0.29, 0.717) is 11.8 Å². The van der Waals surface area contributed by atoms with Crippen molar-refractivity contribution < 1.29 is 4.74 Å². The lowest BCUT2D eigenvalue weighted by molar-refractivity contribution is 0.0786. The topological polar surface area (TPSA) is 45.0 Å². The predicted molar refractivity (Wildman–Crippen MR) is 83.5 cm³/mol. The van der Waals surface area contributed by atoms with E-state index < -0.39 is 0 Å². The molecule has 20 heavy (non-hydrogen) atoms. The van der Waals surface area contributed by atoms with E-state index >= 15 is 0 Å². The molecule has 1 aliphatic rings. The molecule has 0 aromatic rings. The summed E-state index contributed by atoms with van der Waals surface area (Å²) in [5.74, 6) is 1.16. The highest BCUT2D eigenvalue weighted by Crippen LogP contribution is 2.37. The molecule has 0 amide bonds. The van der Waals surface area contributed by atoms with Gasteiger partial charge in [0.2, 0.25) is 0 Å². The smallest absolute Gasteiger partial charge is 0.109 e. The van der Waals surface area contributed by atoms with Crippen LogP contribution in [0.25, 0.3) is 0 Å². The van der Waals surface area contributed by atoms with Gasteiger partial charge in [-0.3, -0.25) is 0 Å². The van der Waals surface area contributed by atoms with Crippen molar-refractivity contribution in [2.45, 2.75) is 70.8 Å². The quantitative estimate of drug-likeness (QED) is 0.617. The molecule has 0 aliphatic heterocycles. The van der Waals surface area contributed by atoms with E-state index in [1.54, 1.807) is 0 Å². The third-order valence-electron chi connectivity index (χ3n) is 4.97. The lowest BCUT2D eigenvalue weighted by Crippen LogP contribution is -2.45. The molecule has 1 fully saturated rings. The molecule has 3 heteroatoms. The van der Waals surface area contributed by atoms with Crippen LogP contribution in [0.3, 0.4) is 0 Å². The van der Waals surface area contributed by atoms with Crippen molar-refractivity contribution >= 4 is 0 Å². The number of ether oxygens (including phenoxy) is 1. The van der Waals surface area contributed by atoms with Gasteiger partial charge in [-0.15, -0.1) is 0 Å². The predicted octanol–water partition coefficient (Wildman–Crippen LogP) is 3.89. The maximum Gasteiger partial charge on any atom is 0.109 e. The van der Waals surface area contributed by atoms with Gasteiger partial charge in [0.1, 0.15) is 5.54 Å². The fraction of sp³-hybridized carbons (Fsp3) is 0.941. The zero-order valence-corrected chi connectivity index (χ0v) is 13.6. The average Bonchev–Trinajstić information content (AvgIpc) is 2.90. The summed E-state index contributed by atoms with van der Waals surface area (Å²) < 4.78 is 5.89. The van der Waals surface area contributed by atoms with E-state index in [-0.39, 0.29) is 5.54 Å². The fourth-order valence-electron chi connectivity index (χ4n) is 3.37. The molecule has 0 aromatic heterocycles. The fourth-order valence-corrected chi connectivity index (χ4v) is 3.37. The van der Waals surface area contributed by atoms with Crippen LogP contribution in [0, 0.1) is 23.2 Å². The zero-order chi connectivity index (χ0) is 14.8. The molecule has 1 aliphatic carbocycles. The maximum atomic E-state index is 9.41. The SMILES string of the molecule is CCCCC(CC)COCCC1CCCC1(C#N)NC. The lowest BCUT2D eigenvalue weighted by atomic mass is 9.86. The molecule has 116 valence electrons. The van der Waals surface area contributed by atoms with Gasteiger partial charge < -0.3 is 10.1 Å². The van der Waals surface area contributed by atoms with Crippen LogP contribution in [0.4, 0.5) is 0 Å². The van der Waals surface area contributed by atoms with Gasteiger partial charge in [0, 0.05) is 13.2 Å². The first-order valence-electron chi connectivity index (χ1n) is 8.40. The van der Waals surface area contributed by atoms with Gasteiger partial charge in [0.25, 0.3) is 0 Å². The maximum absolute atomic E-state index is 9.41. The minimum absolute atomic E-state index is 0.296. The second-order valence-electron chi connectivity index (χ2n) is 6.20. The Morgan fingerprint density at radius 3 is 2.85 bits per heavy atom. The van der Waals surface area contributed by atoms with Crippen LogP contribution in [-0.4, -0.2) is 25.8 Å². The summed E-state index contributed by atoms with van der Waals surface area (Å²) in [4.78, 5) is 0. The van der Waals surface area contributed by atoms with E-state index in [2.05, 4.69) is 25.2 Å². The lowest BCUT2D eigenvalue weighted by Gasteiger charge is -2.28. The molecular formula is C17H32N2O. The van der Waals surface area contributed by atoms with E-state index in [4.69, 9.17) is 4.74 Å². The second kappa shape index (κ2) is 9.37. The molecule has 3 nitrogen and oxygen atoms in total. The highest BCUT2D eigenvalue weighted by Gasteiger charge is 2.41. The number of rotatable bonds is 10. The summed E-state index contributed by atoms with van der Waals surface area (Å²) in [5, 5.41) is 12.7. The van der Waals surface area contributed by atoms with Gasteiger partial charge >= 0.3 is 0 Å². The molecule has 0 bridgehead atoms. The highest BCUT2D eigenvalue weighted by molar-refractivity contribution is 5.13. The van der Waals surface area contributed by atoms with Crippen molar-refractivity contribution in [1.29, 1.82) is 5.26 Å².